The maximum atomic E-state index is 12.4. The molecule has 1 saturated heterocycles. The summed E-state index contributed by atoms with van der Waals surface area (Å²) in [5.41, 5.74) is 1.39. The van der Waals surface area contributed by atoms with E-state index in [4.69, 9.17) is 4.74 Å². The highest BCUT2D eigenvalue weighted by Crippen LogP contribution is 2.19. The van der Waals surface area contributed by atoms with Gasteiger partial charge in [-0.15, -0.1) is 0 Å². The summed E-state index contributed by atoms with van der Waals surface area (Å²) in [6.07, 6.45) is 0.658. The van der Waals surface area contributed by atoms with Crippen molar-refractivity contribution >= 4 is 27.5 Å². The molecule has 1 aliphatic heterocycles. The molecular weight excluding hydrogens is 344 g/mol. The Morgan fingerprint density at radius 1 is 1.24 bits per heavy atom. The van der Waals surface area contributed by atoms with Gasteiger partial charge >= 0.3 is 12.0 Å². The first-order valence-corrected chi connectivity index (χ1v) is 10.2. The van der Waals surface area contributed by atoms with Crippen LogP contribution in [0.1, 0.15) is 25.8 Å². The van der Waals surface area contributed by atoms with Gasteiger partial charge in [-0.3, -0.25) is 4.79 Å². The Bertz CT molecular complexity index is 715. The summed E-state index contributed by atoms with van der Waals surface area (Å²) in [5, 5.41) is 2.78. The van der Waals surface area contributed by atoms with Crippen molar-refractivity contribution in [2.75, 3.05) is 30.0 Å². The van der Waals surface area contributed by atoms with Crippen LogP contribution in [0.4, 0.5) is 10.5 Å². The van der Waals surface area contributed by atoms with E-state index in [0.717, 1.165) is 5.56 Å². The molecule has 1 N–H and O–H groups in total. The van der Waals surface area contributed by atoms with Gasteiger partial charge in [0.2, 0.25) is 0 Å². The second kappa shape index (κ2) is 8.33. The summed E-state index contributed by atoms with van der Waals surface area (Å²) in [4.78, 5) is 25.4. The smallest absolute Gasteiger partial charge is 0.322 e. The van der Waals surface area contributed by atoms with Gasteiger partial charge in [-0.05, 0) is 38.0 Å². The number of urea groups is 1. The van der Waals surface area contributed by atoms with E-state index in [1.165, 1.54) is 0 Å². The number of hydrogen-bond donors (Lipinski definition) is 1. The molecule has 0 aliphatic carbocycles. The Hall–Kier alpha value is -2.09. The number of anilines is 1. The summed E-state index contributed by atoms with van der Waals surface area (Å²) < 4.78 is 28.1. The molecule has 1 aliphatic rings. The summed E-state index contributed by atoms with van der Waals surface area (Å²) in [6.45, 7) is 4.36. The van der Waals surface area contributed by atoms with E-state index in [1.54, 1.807) is 36.1 Å². The minimum Gasteiger partial charge on any atom is -0.466 e. The molecule has 1 fully saturated rings. The number of ether oxygens (including phenoxy) is 1. The number of carbonyl (C=O) groups excluding carboxylic acids is 2. The van der Waals surface area contributed by atoms with E-state index >= 15 is 0 Å². The van der Waals surface area contributed by atoms with Gasteiger partial charge in [-0.1, -0.05) is 12.1 Å². The number of esters is 1. The number of hydrogen-bond acceptors (Lipinski definition) is 5. The molecule has 0 saturated carbocycles. The number of sulfone groups is 1. The number of carbonyl (C=O) groups is 2. The Balaban J connectivity index is 1.96. The molecular formula is C17H24N2O5S. The molecule has 2 amide bonds. The zero-order valence-corrected chi connectivity index (χ0v) is 15.3. The lowest BCUT2D eigenvalue weighted by Gasteiger charge is -2.27. The quantitative estimate of drug-likeness (QED) is 0.774. The zero-order valence-electron chi connectivity index (χ0n) is 14.5. The largest absolute Gasteiger partial charge is 0.466 e. The van der Waals surface area contributed by atoms with Crippen molar-refractivity contribution in [2.45, 2.75) is 32.7 Å². The van der Waals surface area contributed by atoms with E-state index in [0.29, 0.717) is 25.3 Å². The Labute approximate surface area is 148 Å². The first-order chi connectivity index (χ1) is 11.8. The standard InChI is InChI=1S/C17H24N2O5S/c1-3-19(15-9-10-25(22,23)12-15)17(21)18-14-7-5-13(6-8-14)11-16(20)24-4-2/h5-8,15H,3-4,9-12H2,1-2H3,(H,18,21)/t15-/m1/s1. The van der Waals surface area contributed by atoms with Crippen LogP contribution in [0.25, 0.3) is 0 Å². The minimum absolute atomic E-state index is 0.0206. The van der Waals surface area contributed by atoms with Crippen LogP contribution in [0.5, 0.6) is 0 Å². The van der Waals surface area contributed by atoms with Crippen molar-refractivity contribution in [3.8, 4) is 0 Å². The second-order valence-electron chi connectivity index (χ2n) is 5.95. The molecule has 138 valence electrons. The lowest BCUT2D eigenvalue weighted by atomic mass is 10.1. The van der Waals surface area contributed by atoms with Gasteiger partial charge < -0.3 is 15.0 Å². The van der Waals surface area contributed by atoms with E-state index in [2.05, 4.69) is 5.32 Å². The van der Waals surface area contributed by atoms with E-state index in [9.17, 15) is 18.0 Å². The number of nitrogens with zero attached hydrogens (tertiary/aromatic N) is 1. The third-order valence-corrected chi connectivity index (χ3v) is 5.86. The lowest BCUT2D eigenvalue weighted by molar-refractivity contribution is -0.142. The summed E-state index contributed by atoms with van der Waals surface area (Å²) in [7, 11) is -3.04. The molecule has 0 bridgehead atoms. The SMILES string of the molecule is CCOC(=O)Cc1ccc(NC(=O)N(CC)[C@@H]2CCS(=O)(=O)C2)cc1. The van der Waals surface area contributed by atoms with Crippen LogP contribution in [-0.2, 0) is 25.8 Å². The normalized spacial score (nSPS) is 18.6. The van der Waals surface area contributed by atoms with Crippen molar-refractivity contribution < 1.29 is 22.7 Å². The van der Waals surface area contributed by atoms with Gasteiger partial charge in [0, 0.05) is 18.3 Å². The first-order valence-electron chi connectivity index (χ1n) is 8.37. The fourth-order valence-electron chi connectivity index (χ4n) is 2.87. The van der Waals surface area contributed by atoms with E-state index in [1.807, 2.05) is 6.92 Å². The molecule has 0 unspecified atom stereocenters. The number of amides is 2. The van der Waals surface area contributed by atoms with Crippen molar-refractivity contribution in [3.63, 3.8) is 0 Å². The average molecular weight is 368 g/mol. The predicted octanol–water partition coefficient (Wildman–Crippen LogP) is 1.83. The Morgan fingerprint density at radius 3 is 2.44 bits per heavy atom. The monoisotopic (exact) mass is 368 g/mol. The average Bonchev–Trinajstić information content (AvgIpc) is 2.90. The highest BCUT2D eigenvalue weighted by molar-refractivity contribution is 7.91. The molecule has 8 heteroatoms. The van der Waals surface area contributed by atoms with Crippen molar-refractivity contribution in [3.05, 3.63) is 29.8 Å². The Morgan fingerprint density at radius 2 is 1.92 bits per heavy atom. The van der Waals surface area contributed by atoms with Crippen LogP contribution in [0.3, 0.4) is 0 Å². The lowest BCUT2D eigenvalue weighted by Crippen LogP contribution is -2.43. The molecule has 1 atom stereocenters. The van der Waals surface area contributed by atoms with E-state index < -0.39 is 9.84 Å². The van der Waals surface area contributed by atoms with Crippen molar-refractivity contribution in [1.82, 2.24) is 4.90 Å². The van der Waals surface area contributed by atoms with E-state index in [-0.39, 0.29) is 36.0 Å². The van der Waals surface area contributed by atoms with Gasteiger partial charge in [0.25, 0.3) is 0 Å². The zero-order chi connectivity index (χ0) is 18.4. The van der Waals surface area contributed by atoms with Gasteiger partial charge in [0.1, 0.15) is 0 Å². The van der Waals surface area contributed by atoms with Gasteiger partial charge in [-0.2, -0.15) is 0 Å². The first kappa shape index (κ1) is 19.2. The van der Waals surface area contributed by atoms with Crippen LogP contribution < -0.4 is 5.32 Å². The molecule has 1 aromatic carbocycles. The molecule has 0 radical (unpaired) electrons. The maximum absolute atomic E-state index is 12.4. The number of benzene rings is 1. The van der Waals surface area contributed by atoms with Crippen LogP contribution in [0, 0.1) is 0 Å². The number of rotatable bonds is 6. The van der Waals surface area contributed by atoms with Crippen LogP contribution >= 0.6 is 0 Å². The minimum atomic E-state index is -3.04. The predicted molar refractivity (Wildman–Crippen MR) is 95.2 cm³/mol. The molecule has 25 heavy (non-hydrogen) atoms. The van der Waals surface area contributed by atoms with Gasteiger partial charge in [0.05, 0.1) is 24.5 Å². The third-order valence-electron chi connectivity index (χ3n) is 4.11. The fraction of sp³-hybridized carbons (Fsp3) is 0.529. The highest BCUT2D eigenvalue weighted by atomic mass is 32.2. The summed E-state index contributed by atoms with van der Waals surface area (Å²) >= 11 is 0. The van der Waals surface area contributed by atoms with Gasteiger partial charge in [-0.25, -0.2) is 13.2 Å². The molecule has 0 aromatic heterocycles. The third kappa shape index (κ3) is 5.45. The van der Waals surface area contributed by atoms with Crippen LogP contribution in [0.15, 0.2) is 24.3 Å². The topological polar surface area (TPSA) is 92.8 Å². The number of nitrogens with one attached hydrogen (secondary N) is 1. The van der Waals surface area contributed by atoms with Crippen molar-refractivity contribution in [1.29, 1.82) is 0 Å². The summed E-state index contributed by atoms with van der Waals surface area (Å²) in [5.74, 6) is -0.143. The second-order valence-corrected chi connectivity index (χ2v) is 8.18. The maximum Gasteiger partial charge on any atom is 0.322 e. The van der Waals surface area contributed by atoms with Crippen LogP contribution in [-0.4, -0.2) is 56.0 Å². The highest BCUT2D eigenvalue weighted by Gasteiger charge is 2.33. The molecule has 1 heterocycles. The van der Waals surface area contributed by atoms with Crippen molar-refractivity contribution in [2.24, 2.45) is 0 Å². The molecule has 1 aromatic rings. The van der Waals surface area contributed by atoms with Crippen LogP contribution in [0.2, 0.25) is 0 Å². The Kier molecular flexibility index (Phi) is 6.41. The molecule has 0 spiro atoms. The molecule has 7 nitrogen and oxygen atoms in total. The fourth-order valence-corrected chi connectivity index (χ4v) is 4.60. The summed E-state index contributed by atoms with van der Waals surface area (Å²) in [6, 6.07) is 6.34. The van der Waals surface area contributed by atoms with Gasteiger partial charge in [0.15, 0.2) is 9.84 Å². The molecule has 2 rings (SSSR count).